The number of nitrogens with zero attached hydrogens (tertiary/aromatic N) is 3. The molecule has 1 aliphatic rings. The van der Waals surface area contributed by atoms with Crippen molar-refractivity contribution >= 4 is 29.6 Å². The Labute approximate surface area is 313 Å². The molecule has 0 radical (unpaired) electrons. The third kappa shape index (κ3) is 13.4. The second-order valence-electron chi connectivity index (χ2n) is 15.9. The standard InChI is InChI=1S/C39H71N5O8/c1-15-26(8)35(43(12)39(50)33(24(4)5)41-38(49)34(25(6)7)42(10)11)30(51-13)22-31(45)44-20-16-17-29(44)36(52-14)27(9)37(48)40-28(21-23(2)3)18-19-32(46)47/h18-19,23-30,33-36H,15-17,20-22H2,1-14H3,(H,40,48)(H,41,49)(H,46,47)/b19-18+/t26-,27+,28+,29-,30+,33-,34?,35-,36+/m0/s1. The summed E-state index contributed by atoms with van der Waals surface area (Å²) in [6, 6.07) is -2.45. The van der Waals surface area contributed by atoms with E-state index >= 15 is 0 Å². The number of rotatable bonds is 22. The maximum atomic E-state index is 14.2. The highest BCUT2D eigenvalue weighted by molar-refractivity contribution is 5.90. The number of likely N-dealkylation sites (tertiary alicyclic amines) is 1. The van der Waals surface area contributed by atoms with Gasteiger partial charge in [0.05, 0.1) is 42.7 Å². The molecule has 0 bridgehead atoms. The summed E-state index contributed by atoms with van der Waals surface area (Å²) in [5, 5.41) is 15.1. The lowest BCUT2D eigenvalue weighted by molar-refractivity contribution is -0.148. The van der Waals surface area contributed by atoms with Gasteiger partial charge in [-0.1, -0.05) is 74.8 Å². The topological polar surface area (TPSA) is 158 Å². The van der Waals surface area contributed by atoms with E-state index in [0.717, 1.165) is 18.9 Å². The number of aliphatic carboxylic acids is 1. The molecule has 13 heteroatoms. The average Bonchev–Trinajstić information content (AvgIpc) is 3.54. The summed E-state index contributed by atoms with van der Waals surface area (Å²) in [5.41, 5.74) is 0. The van der Waals surface area contributed by atoms with E-state index < -0.39 is 48.3 Å². The van der Waals surface area contributed by atoms with E-state index in [1.165, 1.54) is 13.2 Å². The first kappa shape index (κ1) is 47.0. The molecule has 300 valence electrons. The Morgan fingerprint density at radius 3 is 1.98 bits per heavy atom. The molecule has 1 rings (SSSR count). The highest BCUT2D eigenvalue weighted by atomic mass is 16.5. The summed E-state index contributed by atoms with van der Waals surface area (Å²) in [6.07, 6.45) is 4.01. The molecule has 52 heavy (non-hydrogen) atoms. The summed E-state index contributed by atoms with van der Waals surface area (Å²) < 4.78 is 11.9. The molecule has 1 unspecified atom stereocenters. The minimum atomic E-state index is -1.09. The zero-order valence-electron chi connectivity index (χ0n) is 34.5. The van der Waals surface area contributed by atoms with Gasteiger partial charge in [0.25, 0.3) is 0 Å². The first-order valence-corrected chi connectivity index (χ1v) is 19.0. The van der Waals surface area contributed by atoms with Crippen molar-refractivity contribution in [1.29, 1.82) is 0 Å². The van der Waals surface area contributed by atoms with Crippen LogP contribution in [0.2, 0.25) is 0 Å². The normalized spacial score (nSPS) is 19.7. The minimum absolute atomic E-state index is 0.0157. The Hall–Kier alpha value is -3.03. The molecule has 0 spiro atoms. The van der Waals surface area contributed by atoms with Gasteiger partial charge in [-0.25, -0.2) is 4.79 Å². The Morgan fingerprint density at radius 1 is 0.904 bits per heavy atom. The van der Waals surface area contributed by atoms with Gasteiger partial charge in [0.1, 0.15) is 6.04 Å². The predicted octanol–water partition coefficient (Wildman–Crippen LogP) is 3.81. The predicted molar refractivity (Wildman–Crippen MR) is 203 cm³/mol. The van der Waals surface area contributed by atoms with Gasteiger partial charge in [-0.05, 0) is 57.0 Å². The van der Waals surface area contributed by atoms with E-state index in [2.05, 4.69) is 10.6 Å². The van der Waals surface area contributed by atoms with E-state index in [1.807, 2.05) is 74.4 Å². The summed E-state index contributed by atoms with van der Waals surface area (Å²) in [7, 11) is 8.51. The molecule has 0 aliphatic carbocycles. The van der Waals surface area contributed by atoms with Crippen molar-refractivity contribution < 1.29 is 38.6 Å². The Bertz CT molecular complexity index is 1180. The maximum absolute atomic E-state index is 14.2. The van der Waals surface area contributed by atoms with Crippen LogP contribution in [0.25, 0.3) is 0 Å². The van der Waals surface area contributed by atoms with Crippen molar-refractivity contribution in [1.82, 2.24) is 25.3 Å². The lowest BCUT2D eigenvalue weighted by Gasteiger charge is -2.41. The second-order valence-corrected chi connectivity index (χ2v) is 15.9. The van der Waals surface area contributed by atoms with Crippen LogP contribution in [0.3, 0.4) is 0 Å². The number of hydrogen-bond donors (Lipinski definition) is 3. The fourth-order valence-electron chi connectivity index (χ4n) is 7.62. The SMILES string of the molecule is CC[C@H](C)[C@@H]([C@@H](CC(=O)N1CCC[C@H]1[C@H](OC)[C@@H](C)C(=O)N[C@H](/C=C/C(=O)O)CC(C)C)OC)N(C)C(=O)[C@@H](NC(=O)C(C(C)C)N(C)C)C(C)C. The monoisotopic (exact) mass is 738 g/mol. The van der Waals surface area contributed by atoms with Crippen molar-refractivity contribution in [2.75, 3.05) is 41.9 Å². The molecule has 0 aromatic rings. The van der Waals surface area contributed by atoms with Gasteiger partial charge < -0.3 is 35.0 Å². The summed E-state index contributed by atoms with van der Waals surface area (Å²) in [6.45, 7) is 18.1. The van der Waals surface area contributed by atoms with E-state index in [-0.39, 0.29) is 59.8 Å². The van der Waals surface area contributed by atoms with Crippen LogP contribution in [0.1, 0.15) is 94.4 Å². The van der Waals surface area contributed by atoms with Crippen LogP contribution in [0.15, 0.2) is 12.2 Å². The van der Waals surface area contributed by atoms with Gasteiger partial charge in [-0.2, -0.15) is 0 Å². The van der Waals surface area contributed by atoms with E-state index in [9.17, 15) is 24.0 Å². The molecule has 4 amide bonds. The highest BCUT2D eigenvalue weighted by Gasteiger charge is 2.43. The molecule has 9 atom stereocenters. The Balaban J connectivity index is 3.28. The molecular weight excluding hydrogens is 666 g/mol. The number of ether oxygens (including phenoxy) is 2. The largest absolute Gasteiger partial charge is 0.478 e. The first-order valence-electron chi connectivity index (χ1n) is 19.0. The van der Waals surface area contributed by atoms with Crippen molar-refractivity contribution in [3.05, 3.63) is 12.2 Å². The molecular formula is C39H71N5O8. The summed E-state index contributed by atoms with van der Waals surface area (Å²) in [4.78, 5) is 71.7. The van der Waals surface area contributed by atoms with Crippen molar-refractivity contribution in [2.24, 2.45) is 29.6 Å². The molecule has 1 fully saturated rings. The van der Waals surface area contributed by atoms with E-state index in [0.29, 0.717) is 19.4 Å². The number of amides is 4. The third-order valence-electron chi connectivity index (χ3n) is 10.5. The molecule has 0 aromatic carbocycles. The smallest absolute Gasteiger partial charge is 0.328 e. The number of nitrogens with one attached hydrogen (secondary N) is 2. The lowest BCUT2D eigenvalue weighted by Crippen LogP contribution is -2.59. The maximum Gasteiger partial charge on any atom is 0.328 e. The minimum Gasteiger partial charge on any atom is -0.478 e. The van der Waals surface area contributed by atoms with Gasteiger partial charge in [0.2, 0.25) is 23.6 Å². The fraction of sp³-hybridized carbons (Fsp3) is 0.821. The van der Waals surface area contributed by atoms with Gasteiger partial charge in [0.15, 0.2) is 0 Å². The first-order chi connectivity index (χ1) is 24.2. The van der Waals surface area contributed by atoms with E-state index in [4.69, 9.17) is 14.6 Å². The quantitative estimate of drug-likeness (QED) is 0.141. The van der Waals surface area contributed by atoms with Crippen LogP contribution >= 0.6 is 0 Å². The van der Waals surface area contributed by atoms with Crippen molar-refractivity contribution in [3.63, 3.8) is 0 Å². The van der Waals surface area contributed by atoms with Crippen LogP contribution < -0.4 is 10.6 Å². The number of carboxylic acids is 1. The molecule has 1 saturated heterocycles. The zero-order chi connectivity index (χ0) is 40.0. The van der Waals surface area contributed by atoms with Crippen LogP contribution in [0, 0.1) is 29.6 Å². The molecule has 0 aromatic heterocycles. The highest BCUT2D eigenvalue weighted by Crippen LogP contribution is 2.30. The van der Waals surface area contributed by atoms with Crippen molar-refractivity contribution in [2.45, 2.75) is 137 Å². The van der Waals surface area contributed by atoms with Crippen LogP contribution in [0.4, 0.5) is 0 Å². The number of hydrogen-bond acceptors (Lipinski definition) is 8. The number of carbonyl (C=O) groups excluding carboxylic acids is 4. The molecule has 0 saturated carbocycles. The second kappa shape index (κ2) is 22.2. The third-order valence-corrected chi connectivity index (χ3v) is 10.5. The van der Waals surface area contributed by atoms with Crippen LogP contribution in [0.5, 0.6) is 0 Å². The van der Waals surface area contributed by atoms with Crippen LogP contribution in [-0.4, -0.2) is 134 Å². The fourth-order valence-corrected chi connectivity index (χ4v) is 7.62. The average molecular weight is 738 g/mol. The molecule has 1 aliphatic heterocycles. The van der Waals surface area contributed by atoms with E-state index in [1.54, 1.807) is 30.9 Å². The Kier molecular flexibility index (Phi) is 20.1. The molecule has 13 nitrogen and oxygen atoms in total. The van der Waals surface area contributed by atoms with Gasteiger partial charge in [-0.15, -0.1) is 0 Å². The van der Waals surface area contributed by atoms with Crippen LogP contribution in [-0.2, 0) is 33.4 Å². The van der Waals surface area contributed by atoms with Crippen molar-refractivity contribution in [3.8, 4) is 0 Å². The zero-order valence-corrected chi connectivity index (χ0v) is 34.5. The number of carboxylic acid groups (broad SMARTS) is 1. The number of methoxy groups -OCH3 is 2. The number of carbonyl (C=O) groups is 5. The van der Waals surface area contributed by atoms with Gasteiger partial charge >= 0.3 is 5.97 Å². The summed E-state index contributed by atoms with van der Waals surface area (Å²) >= 11 is 0. The Morgan fingerprint density at radius 2 is 1.52 bits per heavy atom. The van der Waals surface area contributed by atoms with Gasteiger partial charge in [-0.3, -0.25) is 24.1 Å². The lowest BCUT2D eigenvalue weighted by atomic mass is 9.89. The summed E-state index contributed by atoms with van der Waals surface area (Å²) in [5.74, 6) is -2.54. The van der Waals surface area contributed by atoms with Gasteiger partial charge in [0, 0.05) is 39.9 Å². The number of likely N-dealkylation sites (N-methyl/N-ethyl adjacent to an activating group) is 2. The molecule has 1 heterocycles. The molecule has 3 N–H and O–H groups in total.